The van der Waals surface area contributed by atoms with E-state index in [9.17, 15) is 4.79 Å². The van der Waals surface area contributed by atoms with E-state index in [-0.39, 0.29) is 6.42 Å². The number of hydrogen-bond acceptors (Lipinski definition) is 1. The Balaban J connectivity index is 1.91. The van der Waals surface area contributed by atoms with Crippen LogP contribution in [0.15, 0.2) is 24.3 Å². The Morgan fingerprint density at radius 1 is 1.16 bits per heavy atom. The standard InChI is InChI=1S/C17H20O2/c18-17(19)13-12-16-10-8-15(9-11-16)7-6-14-4-2-1-3-5-14/h8-11,14H,1-5,12-13H2,(H,18,19). The molecule has 2 nitrogen and oxygen atoms in total. The fourth-order valence-corrected chi connectivity index (χ4v) is 2.44. The molecule has 0 saturated heterocycles. The number of benzene rings is 1. The van der Waals surface area contributed by atoms with Gasteiger partial charge >= 0.3 is 5.97 Å². The number of hydrogen-bond donors (Lipinski definition) is 1. The van der Waals surface area contributed by atoms with E-state index in [1.54, 1.807) is 0 Å². The summed E-state index contributed by atoms with van der Waals surface area (Å²) in [6, 6.07) is 7.95. The predicted molar refractivity (Wildman–Crippen MR) is 75.9 cm³/mol. The van der Waals surface area contributed by atoms with E-state index in [1.165, 1.54) is 32.1 Å². The summed E-state index contributed by atoms with van der Waals surface area (Å²) in [7, 11) is 0. The second-order valence-electron chi connectivity index (χ2n) is 5.19. The molecule has 19 heavy (non-hydrogen) atoms. The van der Waals surface area contributed by atoms with Gasteiger partial charge in [0.25, 0.3) is 0 Å². The second-order valence-corrected chi connectivity index (χ2v) is 5.19. The van der Waals surface area contributed by atoms with Crippen molar-refractivity contribution in [1.82, 2.24) is 0 Å². The van der Waals surface area contributed by atoms with Crippen molar-refractivity contribution in [3.8, 4) is 11.8 Å². The normalized spacial score (nSPS) is 15.6. The molecule has 2 heteroatoms. The number of carboxylic acid groups (broad SMARTS) is 1. The summed E-state index contributed by atoms with van der Waals surface area (Å²) < 4.78 is 0. The Morgan fingerprint density at radius 3 is 2.47 bits per heavy atom. The Labute approximate surface area is 114 Å². The highest BCUT2D eigenvalue weighted by atomic mass is 16.4. The van der Waals surface area contributed by atoms with Crippen molar-refractivity contribution in [3.63, 3.8) is 0 Å². The molecular weight excluding hydrogens is 236 g/mol. The van der Waals surface area contributed by atoms with Crippen LogP contribution < -0.4 is 0 Å². The van der Waals surface area contributed by atoms with Gasteiger partial charge in [-0.3, -0.25) is 4.79 Å². The zero-order valence-electron chi connectivity index (χ0n) is 11.2. The molecule has 1 N–H and O–H groups in total. The molecule has 1 aromatic rings. The summed E-state index contributed by atoms with van der Waals surface area (Å²) >= 11 is 0. The molecule has 0 radical (unpaired) electrons. The highest BCUT2D eigenvalue weighted by molar-refractivity contribution is 5.67. The summed E-state index contributed by atoms with van der Waals surface area (Å²) in [6.45, 7) is 0. The number of rotatable bonds is 3. The van der Waals surface area contributed by atoms with Crippen molar-refractivity contribution in [1.29, 1.82) is 0 Å². The SMILES string of the molecule is O=C(O)CCc1ccc(C#CC2CCCCC2)cc1. The van der Waals surface area contributed by atoms with E-state index in [2.05, 4.69) is 11.8 Å². The molecule has 1 fully saturated rings. The molecule has 0 unspecified atom stereocenters. The lowest BCUT2D eigenvalue weighted by atomic mass is 9.89. The van der Waals surface area contributed by atoms with Crippen LogP contribution in [0.1, 0.15) is 49.7 Å². The van der Waals surface area contributed by atoms with E-state index in [0.29, 0.717) is 12.3 Å². The lowest BCUT2D eigenvalue weighted by Crippen LogP contribution is -2.03. The average molecular weight is 256 g/mol. The van der Waals surface area contributed by atoms with Gasteiger partial charge in [-0.2, -0.15) is 0 Å². The first-order valence-corrected chi connectivity index (χ1v) is 7.06. The molecule has 100 valence electrons. The van der Waals surface area contributed by atoms with Gasteiger partial charge in [0, 0.05) is 17.9 Å². The van der Waals surface area contributed by atoms with Gasteiger partial charge in [0.1, 0.15) is 0 Å². The second kappa shape index (κ2) is 6.99. The van der Waals surface area contributed by atoms with Crippen LogP contribution in [-0.4, -0.2) is 11.1 Å². The summed E-state index contributed by atoms with van der Waals surface area (Å²) in [5.74, 6) is 6.42. The van der Waals surface area contributed by atoms with Gasteiger partial charge in [-0.25, -0.2) is 0 Å². The first-order chi connectivity index (χ1) is 9.24. The highest BCUT2D eigenvalue weighted by Gasteiger charge is 2.09. The van der Waals surface area contributed by atoms with Crippen LogP contribution in [0.2, 0.25) is 0 Å². The van der Waals surface area contributed by atoms with Crippen LogP contribution in [0.25, 0.3) is 0 Å². The fourth-order valence-electron chi connectivity index (χ4n) is 2.44. The van der Waals surface area contributed by atoms with Crippen LogP contribution >= 0.6 is 0 Å². The van der Waals surface area contributed by atoms with Gasteiger partial charge in [-0.15, -0.1) is 0 Å². The molecule has 1 saturated carbocycles. The van der Waals surface area contributed by atoms with E-state index < -0.39 is 5.97 Å². The maximum atomic E-state index is 10.5. The largest absolute Gasteiger partial charge is 0.481 e. The van der Waals surface area contributed by atoms with Crippen molar-refractivity contribution in [2.75, 3.05) is 0 Å². The topological polar surface area (TPSA) is 37.3 Å². The van der Waals surface area contributed by atoms with Crippen LogP contribution in [-0.2, 0) is 11.2 Å². The molecule has 1 aromatic carbocycles. The quantitative estimate of drug-likeness (QED) is 0.838. The van der Waals surface area contributed by atoms with Crippen molar-refractivity contribution in [2.24, 2.45) is 5.92 Å². The summed E-state index contributed by atoms with van der Waals surface area (Å²) in [5.41, 5.74) is 2.09. The van der Waals surface area contributed by atoms with Crippen LogP contribution in [0.5, 0.6) is 0 Å². The molecule has 0 spiro atoms. The minimum absolute atomic E-state index is 0.188. The van der Waals surface area contributed by atoms with Crippen LogP contribution in [0.3, 0.4) is 0 Å². The molecule has 1 aliphatic rings. The van der Waals surface area contributed by atoms with E-state index in [0.717, 1.165) is 11.1 Å². The van der Waals surface area contributed by atoms with Gasteiger partial charge in [0.15, 0.2) is 0 Å². The third-order valence-electron chi connectivity index (χ3n) is 3.61. The average Bonchev–Trinajstić information content (AvgIpc) is 2.45. The van der Waals surface area contributed by atoms with Crippen molar-refractivity contribution >= 4 is 5.97 Å². The molecule has 0 aliphatic heterocycles. The van der Waals surface area contributed by atoms with Gasteiger partial charge in [-0.1, -0.05) is 43.2 Å². The monoisotopic (exact) mass is 256 g/mol. The Bertz CT molecular complexity index is 470. The van der Waals surface area contributed by atoms with Crippen molar-refractivity contribution < 1.29 is 9.90 Å². The Hall–Kier alpha value is -1.75. The lowest BCUT2D eigenvalue weighted by Gasteiger charge is -2.15. The summed E-state index contributed by atoms with van der Waals surface area (Å²) in [4.78, 5) is 10.5. The molecule has 0 heterocycles. The van der Waals surface area contributed by atoms with E-state index in [4.69, 9.17) is 5.11 Å². The smallest absolute Gasteiger partial charge is 0.303 e. The summed E-state index contributed by atoms with van der Waals surface area (Å²) in [5, 5.41) is 8.64. The predicted octanol–water partition coefficient (Wildman–Crippen LogP) is 3.64. The van der Waals surface area contributed by atoms with E-state index in [1.807, 2.05) is 24.3 Å². The Kier molecular flexibility index (Phi) is 5.03. The van der Waals surface area contributed by atoms with E-state index >= 15 is 0 Å². The number of carbonyl (C=O) groups is 1. The number of carboxylic acids is 1. The van der Waals surface area contributed by atoms with Crippen molar-refractivity contribution in [3.05, 3.63) is 35.4 Å². The molecule has 1 aliphatic carbocycles. The minimum Gasteiger partial charge on any atom is -0.481 e. The highest BCUT2D eigenvalue weighted by Crippen LogP contribution is 2.22. The van der Waals surface area contributed by atoms with Crippen LogP contribution in [0, 0.1) is 17.8 Å². The molecule has 0 aromatic heterocycles. The van der Waals surface area contributed by atoms with Crippen LogP contribution in [0.4, 0.5) is 0 Å². The maximum Gasteiger partial charge on any atom is 0.303 e. The molecule has 0 bridgehead atoms. The van der Waals surface area contributed by atoms with Crippen molar-refractivity contribution in [2.45, 2.75) is 44.9 Å². The lowest BCUT2D eigenvalue weighted by molar-refractivity contribution is -0.136. The fraction of sp³-hybridized carbons (Fsp3) is 0.471. The van der Waals surface area contributed by atoms with Gasteiger partial charge in [0.2, 0.25) is 0 Å². The molecular formula is C17H20O2. The molecule has 0 atom stereocenters. The minimum atomic E-state index is -0.749. The number of aryl methyl sites for hydroxylation is 1. The zero-order valence-corrected chi connectivity index (χ0v) is 11.2. The first kappa shape index (κ1) is 13.7. The molecule has 2 rings (SSSR count). The van der Waals surface area contributed by atoms with Gasteiger partial charge < -0.3 is 5.11 Å². The first-order valence-electron chi connectivity index (χ1n) is 7.06. The zero-order chi connectivity index (χ0) is 13.5. The number of aliphatic carboxylic acids is 1. The third kappa shape index (κ3) is 4.79. The van der Waals surface area contributed by atoms with Gasteiger partial charge in [0.05, 0.1) is 0 Å². The Morgan fingerprint density at radius 2 is 1.84 bits per heavy atom. The third-order valence-corrected chi connectivity index (χ3v) is 3.61. The molecule has 0 amide bonds. The maximum absolute atomic E-state index is 10.5. The van der Waals surface area contributed by atoms with Gasteiger partial charge in [-0.05, 0) is 37.0 Å². The summed E-state index contributed by atoms with van der Waals surface area (Å²) in [6.07, 6.45) is 7.24.